The number of aromatic amines is 1. The molecular formula is C12H9BrN2O2. The molecule has 5 heteroatoms. The number of amides is 1. The van der Waals surface area contributed by atoms with Gasteiger partial charge in [-0.3, -0.25) is 9.59 Å². The number of hydrogen-bond donors (Lipinski definition) is 2. The summed E-state index contributed by atoms with van der Waals surface area (Å²) < 4.78 is 0.826. The molecule has 0 spiro atoms. The van der Waals surface area contributed by atoms with Crippen LogP contribution in [-0.2, 0) is 0 Å². The van der Waals surface area contributed by atoms with Gasteiger partial charge in [-0.05, 0) is 24.3 Å². The predicted molar refractivity (Wildman–Crippen MR) is 69.2 cm³/mol. The van der Waals surface area contributed by atoms with Crippen LogP contribution in [0.4, 0.5) is 5.82 Å². The fraction of sp³-hybridized carbons (Fsp3) is 0. The molecule has 0 unspecified atom stereocenters. The highest BCUT2D eigenvalue weighted by molar-refractivity contribution is 9.10. The maximum absolute atomic E-state index is 11.8. The smallest absolute Gasteiger partial charge is 0.256 e. The summed E-state index contributed by atoms with van der Waals surface area (Å²) in [7, 11) is 0. The molecule has 1 amide bonds. The van der Waals surface area contributed by atoms with Crippen LogP contribution in [0.15, 0.2) is 51.7 Å². The molecule has 1 aromatic carbocycles. The molecule has 0 saturated carbocycles. The van der Waals surface area contributed by atoms with E-state index in [1.54, 1.807) is 30.3 Å². The molecule has 4 nitrogen and oxygen atoms in total. The molecule has 0 bridgehead atoms. The minimum Gasteiger partial charge on any atom is -0.309 e. The second-order valence-electron chi connectivity index (χ2n) is 3.39. The third-order valence-corrected chi connectivity index (χ3v) is 2.60. The summed E-state index contributed by atoms with van der Waals surface area (Å²) in [5, 5.41) is 2.61. The minimum atomic E-state index is -0.270. The zero-order valence-electron chi connectivity index (χ0n) is 8.74. The zero-order chi connectivity index (χ0) is 12.3. The van der Waals surface area contributed by atoms with Gasteiger partial charge in [-0.15, -0.1) is 0 Å². The maximum atomic E-state index is 11.8. The molecule has 2 rings (SSSR count). The molecule has 0 fully saturated rings. The van der Waals surface area contributed by atoms with Gasteiger partial charge >= 0.3 is 0 Å². The Morgan fingerprint density at radius 1 is 1.18 bits per heavy atom. The van der Waals surface area contributed by atoms with E-state index in [0.29, 0.717) is 11.4 Å². The van der Waals surface area contributed by atoms with Crippen molar-refractivity contribution in [2.24, 2.45) is 0 Å². The molecule has 1 heterocycles. The van der Waals surface area contributed by atoms with Crippen LogP contribution < -0.4 is 10.9 Å². The summed E-state index contributed by atoms with van der Waals surface area (Å²) in [4.78, 5) is 25.4. The number of benzene rings is 1. The lowest BCUT2D eigenvalue weighted by atomic mass is 10.2. The summed E-state index contributed by atoms with van der Waals surface area (Å²) in [5.41, 5.74) is 0.265. The molecule has 86 valence electrons. The highest BCUT2D eigenvalue weighted by Crippen LogP contribution is 2.12. The first-order chi connectivity index (χ1) is 8.15. The van der Waals surface area contributed by atoms with Crippen LogP contribution >= 0.6 is 15.9 Å². The quantitative estimate of drug-likeness (QED) is 0.893. The standard InChI is InChI=1S/C12H9BrN2O2/c13-9-4-1-3-8(7-9)12(17)15-10-5-2-6-11(16)14-10/h1-7H,(H2,14,15,16,17). The third kappa shape index (κ3) is 3.04. The van der Waals surface area contributed by atoms with Gasteiger partial charge in [0.1, 0.15) is 5.82 Å². The monoisotopic (exact) mass is 292 g/mol. The molecular weight excluding hydrogens is 284 g/mol. The molecule has 2 N–H and O–H groups in total. The average molecular weight is 293 g/mol. The number of pyridine rings is 1. The number of aromatic nitrogens is 1. The minimum absolute atomic E-state index is 0.253. The van der Waals surface area contributed by atoms with Gasteiger partial charge in [-0.2, -0.15) is 0 Å². The number of carbonyl (C=O) groups excluding carboxylic acids is 1. The highest BCUT2D eigenvalue weighted by atomic mass is 79.9. The fourth-order valence-electron chi connectivity index (χ4n) is 1.34. The van der Waals surface area contributed by atoms with Crippen molar-refractivity contribution in [2.45, 2.75) is 0 Å². The number of nitrogens with one attached hydrogen (secondary N) is 2. The number of halogens is 1. The average Bonchev–Trinajstić information content (AvgIpc) is 2.29. The Morgan fingerprint density at radius 2 is 1.94 bits per heavy atom. The number of anilines is 1. The number of carbonyl (C=O) groups is 1. The van der Waals surface area contributed by atoms with Gasteiger partial charge in [0, 0.05) is 16.1 Å². The predicted octanol–water partition coefficient (Wildman–Crippen LogP) is 2.39. The Kier molecular flexibility index (Phi) is 3.39. The fourth-order valence-corrected chi connectivity index (χ4v) is 1.74. The van der Waals surface area contributed by atoms with Crippen LogP contribution in [0.2, 0.25) is 0 Å². The number of rotatable bonds is 2. The first-order valence-electron chi connectivity index (χ1n) is 4.91. The SMILES string of the molecule is O=C(Nc1cccc(=O)[nH]1)c1cccc(Br)c1. The molecule has 2 aromatic rings. The van der Waals surface area contributed by atoms with Gasteiger partial charge in [-0.25, -0.2) is 0 Å². The number of hydrogen-bond acceptors (Lipinski definition) is 2. The molecule has 0 radical (unpaired) electrons. The van der Waals surface area contributed by atoms with E-state index in [0.717, 1.165) is 4.47 Å². The topological polar surface area (TPSA) is 62.0 Å². The van der Waals surface area contributed by atoms with Gasteiger partial charge < -0.3 is 10.3 Å². The Hall–Kier alpha value is -1.88. The van der Waals surface area contributed by atoms with Crippen LogP contribution in [0.1, 0.15) is 10.4 Å². The molecule has 0 atom stereocenters. The van der Waals surface area contributed by atoms with Crippen LogP contribution in [0, 0.1) is 0 Å². The first kappa shape index (κ1) is 11.6. The van der Waals surface area contributed by atoms with Gasteiger partial charge in [0.15, 0.2) is 0 Å². The molecule has 0 aliphatic heterocycles. The zero-order valence-corrected chi connectivity index (χ0v) is 10.3. The molecule has 0 aliphatic carbocycles. The Balaban J connectivity index is 2.20. The van der Waals surface area contributed by atoms with Crippen molar-refractivity contribution in [3.8, 4) is 0 Å². The van der Waals surface area contributed by atoms with E-state index in [4.69, 9.17) is 0 Å². The van der Waals surface area contributed by atoms with E-state index >= 15 is 0 Å². The molecule has 1 aromatic heterocycles. The van der Waals surface area contributed by atoms with E-state index in [2.05, 4.69) is 26.2 Å². The Morgan fingerprint density at radius 3 is 2.65 bits per heavy atom. The van der Waals surface area contributed by atoms with Crippen molar-refractivity contribution in [1.82, 2.24) is 4.98 Å². The van der Waals surface area contributed by atoms with Crippen molar-refractivity contribution < 1.29 is 4.79 Å². The van der Waals surface area contributed by atoms with Gasteiger partial charge in [0.05, 0.1) is 0 Å². The lowest BCUT2D eigenvalue weighted by Gasteiger charge is -2.04. The largest absolute Gasteiger partial charge is 0.309 e. The van der Waals surface area contributed by atoms with Crippen LogP contribution in [0.3, 0.4) is 0 Å². The molecule has 17 heavy (non-hydrogen) atoms. The van der Waals surface area contributed by atoms with E-state index < -0.39 is 0 Å². The maximum Gasteiger partial charge on any atom is 0.256 e. The third-order valence-electron chi connectivity index (χ3n) is 2.10. The van der Waals surface area contributed by atoms with Crippen LogP contribution in [0.25, 0.3) is 0 Å². The lowest BCUT2D eigenvalue weighted by Crippen LogP contribution is -2.15. The second kappa shape index (κ2) is 4.97. The lowest BCUT2D eigenvalue weighted by molar-refractivity contribution is 0.102. The van der Waals surface area contributed by atoms with Crippen molar-refractivity contribution in [3.05, 3.63) is 62.9 Å². The van der Waals surface area contributed by atoms with Gasteiger partial charge in [0.2, 0.25) is 5.56 Å². The highest BCUT2D eigenvalue weighted by Gasteiger charge is 2.06. The van der Waals surface area contributed by atoms with Crippen LogP contribution in [0.5, 0.6) is 0 Å². The van der Waals surface area contributed by atoms with E-state index in [1.807, 2.05) is 6.07 Å². The number of H-pyrrole nitrogens is 1. The van der Waals surface area contributed by atoms with Crippen molar-refractivity contribution in [2.75, 3.05) is 5.32 Å². The van der Waals surface area contributed by atoms with Crippen molar-refractivity contribution in [3.63, 3.8) is 0 Å². The molecule has 0 aliphatic rings. The van der Waals surface area contributed by atoms with Gasteiger partial charge in [-0.1, -0.05) is 28.1 Å². The summed E-state index contributed by atoms with van der Waals surface area (Å²) in [6.45, 7) is 0. The summed E-state index contributed by atoms with van der Waals surface area (Å²) >= 11 is 3.29. The van der Waals surface area contributed by atoms with Crippen LogP contribution in [-0.4, -0.2) is 10.9 Å². The summed E-state index contributed by atoms with van der Waals surface area (Å²) in [6.07, 6.45) is 0. The van der Waals surface area contributed by atoms with E-state index in [-0.39, 0.29) is 11.5 Å². The normalized spacial score (nSPS) is 9.94. The van der Waals surface area contributed by atoms with E-state index in [1.165, 1.54) is 6.07 Å². The van der Waals surface area contributed by atoms with Crippen molar-refractivity contribution >= 4 is 27.7 Å². The Labute approximate surface area is 106 Å². The molecule has 0 saturated heterocycles. The van der Waals surface area contributed by atoms with Gasteiger partial charge in [0.25, 0.3) is 5.91 Å². The second-order valence-corrected chi connectivity index (χ2v) is 4.31. The van der Waals surface area contributed by atoms with Crippen molar-refractivity contribution in [1.29, 1.82) is 0 Å². The summed E-state index contributed by atoms with van der Waals surface area (Å²) in [5.74, 6) is 0.107. The van der Waals surface area contributed by atoms with E-state index in [9.17, 15) is 9.59 Å². The summed E-state index contributed by atoms with van der Waals surface area (Å²) in [6, 6.07) is 11.6. The Bertz CT molecular complexity index is 607. The first-order valence-corrected chi connectivity index (χ1v) is 5.71.